The number of allylic oxidation sites excluding steroid dienone is 2. The summed E-state index contributed by atoms with van der Waals surface area (Å²) in [5.41, 5.74) is 3.53. The first-order valence-electron chi connectivity index (χ1n) is 7.37. The van der Waals surface area contributed by atoms with E-state index in [-0.39, 0.29) is 5.91 Å². The maximum Gasteiger partial charge on any atom is 0.246 e. The normalized spacial score (nSPS) is 16.7. The number of carbonyl (C=O) groups is 1. The van der Waals surface area contributed by atoms with Crippen molar-refractivity contribution in [3.8, 4) is 0 Å². The van der Waals surface area contributed by atoms with Gasteiger partial charge in [-0.25, -0.2) is 0 Å². The number of aryl methyl sites for hydroxylation is 1. The Labute approximate surface area is 121 Å². The maximum atomic E-state index is 12.0. The zero-order valence-corrected chi connectivity index (χ0v) is 12.4. The van der Waals surface area contributed by atoms with Crippen molar-refractivity contribution in [1.29, 1.82) is 0 Å². The minimum atomic E-state index is 0.140. The Morgan fingerprint density at radius 3 is 2.35 bits per heavy atom. The molecule has 2 rings (SSSR count). The largest absolute Gasteiger partial charge is 0.339 e. The Bertz CT molecular complexity index is 505. The van der Waals surface area contributed by atoms with Crippen LogP contribution in [0.15, 0.2) is 42.0 Å². The smallest absolute Gasteiger partial charge is 0.246 e. The van der Waals surface area contributed by atoms with E-state index < -0.39 is 0 Å². The van der Waals surface area contributed by atoms with Gasteiger partial charge in [-0.2, -0.15) is 0 Å². The fraction of sp³-hybridized carbons (Fsp3) is 0.389. The second kappa shape index (κ2) is 7.09. The van der Waals surface area contributed by atoms with Gasteiger partial charge < -0.3 is 4.90 Å². The first-order valence-corrected chi connectivity index (χ1v) is 7.37. The van der Waals surface area contributed by atoms with Gasteiger partial charge in [-0.15, -0.1) is 0 Å². The lowest BCUT2D eigenvalue weighted by Crippen LogP contribution is -2.34. The van der Waals surface area contributed by atoms with Crippen LogP contribution in [0.3, 0.4) is 0 Å². The summed E-state index contributed by atoms with van der Waals surface area (Å²) in [6.45, 7) is 5.92. The lowest BCUT2D eigenvalue weighted by molar-refractivity contribution is -0.126. The van der Waals surface area contributed by atoms with Gasteiger partial charge in [-0.3, -0.25) is 4.79 Å². The topological polar surface area (TPSA) is 20.3 Å². The predicted molar refractivity (Wildman–Crippen MR) is 84.4 cm³/mol. The van der Waals surface area contributed by atoms with Gasteiger partial charge in [0.05, 0.1) is 0 Å². The van der Waals surface area contributed by atoms with Gasteiger partial charge in [0.15, 0.2) is 0 Å². The Morgan fingerprint density at radius 2 is 1.70 bits per heavy atom. The van der Waals surface area contributed by atoms with E-state index in [4.69, 9.17) is 0 Å². The van der Waals surface area contributed by atoms with Gasteiger partial charge in [-0.1, -0.05) is 47.6 Å². The first-order chi connectivity index (χ1) is 9.65. The quantitative estimate of drug-likeness (QED) is 0.600. The minimum Gasteiger partial charge on any atom is -0.339 e. The molecule has 1 aliphatic heterocycles. The number of carbonyl (C=O) groups excluding carboxylic acids is 1. The van der Waals surface area contributed by atoms with Crippen LogP contribution in [0, 0.1) is 6.92 Å². The fourth-order valence-electron chi connectivity index (χ4n) is 2.40. The van der Waals surface area contributed by atoms with Gasteiger partial charge in [0.2, 0.25) is 5.91 Å². The van der Waals surface area contributed by atoms with E-state index in [0.29, 0.717) is 0 Å². The van der Waals surface area contributed by atoms with E-state index in [1.807, 2.05) is 17.9 Å². The van der Waals surface area contributed by atoms with Gasteiger partial charge in [0.1, 0.15) is 0 Å². The molecule has 106 valence electrons. The molecule has 0 radical (unpaired) electrons. The summed E-state index contributed by atoms with van der Waals surface area (Å²) in [7, 11) is 0. The van der Waals surface area contributed by atoms with Crippen molar-refractivity contribution in [2.45, 2.75) is 33.1 Å². The van der Waals surface area contributed by atoms with Crippen LogP contribution in [0.2, 0.25) is 0 Å². The van der Waals surface area contributed by atoms with E-state index in [1.165, 1.54) is 17.5 Å². The highest BCUT2D eigenvalue weighted by molar-refractivity contribution is 5.88. The second-order valence-corrected chi connectivity index (χ2v) is 5.52. The molecule has 2 nitrogen and oxygen atoms in total. The van der Waals surface area contributed by atoms with Crippen LogP contribution in [-0.4, -0.2) is 23.9 Å². The summed E-state index contributed by atoms with van der Waals surface area (Å²) in [6, 6.07) is 8.39. The zero-order chi connectivity index (χ0) is 14.4. The lowest BCUT2D eigenvalue weighted by atomic mass is 10.1. The van der Waals surface area contributed by atoms with Crippen LogP contribution in [0.1, 0.15) is 37.3 Å². The molecule has 0 aromatic heterocycles. The Balaban J connectivity index is 1.95. The van der Waals surface area contributed by atoms with Crippen molar-refractivity contribution in [3.63, 3.8) is 0 Å². The zero-order valence-electron chi connectivity index (χ0n) is 12.4. The molecule has 0 atom stereocenters. The average molecular weight is 269 g/mol. The van der Waals surface area contributed by atoms with Crippen LogP contribution in [0.5, 0.6) is 0 Å². The third-order valence-corrected chi connectivity index (χ3v) is 3.63. The highest BCUT2D eigenvalue weighted by atomic mass is 16.2. The van der Waals surface area contributed by atoms with Crippen LogP contribution >= 0.6 is 0 Å². The highest BCUT2D eigenvalue weighted by Gasteiger charge is 2.13. The molecule has 0 spiro atoms. The van der Waals surface area contributed by atoms with Gasteiger partial charge >= 0.3 is 0 Å². The van der Waals surface area contributed by atoms with Crippen LogP contribution < -0.4 is 0 Å². The molecule has 2 heteroatoms. The van der Waals surface area contributed by atoms with Crippen molar-refractivity contribution in [2.75, 3.05) is 13.1 Å². The third-order valence-electron chi connectivity index (χ3n) is 3.63. The van der Waals surface area contributed by atoms with E-state index in [1.54, 1.807) is 6.08 Å². The van der Waals surface area contributed by atoms with E-state index in [9.17, 15) is 4.79 Å². The summed E-state index contributed by atoms with van der Waals surface area (Å²) in [4.78, 5) is 14.0. The molecule has 1 aromatic rings. The molecular formula is C18H23NO. The Kier molecular flexibility index (Phi) is 5.16. The molecule has 1 saturated heterocycles. The fourth-order valence-corrected chi connectivity index (χ4v) is 2.40. The van der Waals surface area contributed by atoms with E-state index in [0.717, 1.165) is 31.5 Å². The van der Waals surface area contributed by atoms with Crippen LogP contribution in [0.25, 0.3) is 6.08 Å². The molecule has 0 saturated carbocycles. The molecule has 1 aromatic carbocycles. The number of rotatable bonds is 3. The van der Waals surface area contributed by atoms with Gasteiger partial charge in [0.25, 0.3) is 0 Å². The molecule has 0 bridgehead atoms. The number of likely N-dealkylation sites (tertiary alicyclic amines) is 1. The predicted octanol–water partition coefficient (Wildman–Crippen LogP) is 3.97. The standard InChI is InChI=1S/C18H23NO/c1-15-6-9-17(10-7-15)14-16(2)8-11-18(20)19-12-4-3-5-13-19/h6-11,14H,3-5,12-13H2,1-2H3/b11-8+,16-14+. The van der Waals surface area contributed by atoms with Crippen molar-refractivity contribution in [3.05, 3.63) is 53.1 Å². The van der Waals surface area contributed by atoms with Crippen LogP contribution in [-0.2, 0) is 4.79 Å². The SMILES string of the molecule is CC(/C=C/C(=O)N1CCCCC1)=C\c1ccc(C)cc1. The number of amides is 1. The molecule has 0 aliphatic carbocycles. The molecule has 20 heavy (non-hydrogen) atoms. The number of benzene rings is 1. The van der Waals surface area contributed by atoms with E-state index >= 15 is 0 Å². The maximum absolute atomic E-state index is 12.0. The van der Waals surface area contributed by atoms with Crippen LogP contribution in [0.4, 0.5) is 0 Å². The molecule has 1 aliphatic rings. The molecule has 0 N–H and O–H groups in total. The number of hydrogen-bond acceptors (Lipinski definition) is 1. The second-order valence-electron chi connectivity index (χ2n) is 5.52. The van der Waals surface area contributed by atoms with Crippen molar-refractivity contribution in [1.82, 2.24) is 4.90 Å². The monoisotopic (exact) mass is 269 g/mol. The molecule has 0 unspecified atom stereocenters. The van der Waals surface area contributed by atoms with Gasteiger partial charge in [0, 0.05) is 19.2 Å². The summed E-state index contributed by atoms with van der Waals surface area (Å²) in [5.74, 6) is 0.140. The Hall–Kier alpha value is -1.83. The summed E-state index contributed by atoms with van der Waals surface area (Å²) >= 11 is 0. The summed E-state index contributed by atoms with van der Waals surface area (Å²) in [5, 5.41) is 0. The molecule has 1 amide bonds. The lowest BCUT2D eigenvalue weighted by Gasteiger charge is -2.25. The summed E-state index contributed by atoms with van der Waals surface area (Å²) in [6.07, 6.45) is 9.23. The van der Waals surface area contributed by atoms with E-state index in [2.05, 4.69) is 37.3 Å². The van der Waals surface area contributed by atoms with Crippen molar-refractivity contribution in [2.24, 2.45) is 0 Å². The molecular weight excluding hydrogens is 246 g/mol. The minimum absolute atomic E-state index is 0.140. The highest BCUT2D eigenvalue weighted by Crippen LogP contribution is 2.11. The number of hydrogen-bond donors (Lipinski definition) is 0. The third kappa shape index (κ3) is 4.37. The van der Waals surface area contributed by atoms with Crippen molar-refractivity contribution < 1.29 is 4.79 Å². The van der Waals surface area contributed by atoms with Gasteiger partial charge in [-0.05, 0) is 38.7 Å². The number of nitrogens with zero attached hydrogens (tertiary/aromatic N) is 1. The average Bonchev–Trinajstić information content (AvgIpc) is 2.48. The first kappa shape index (κ1) is 14.6. The molecule has 1 fully saturated rings. The Morgan fingerprint density at radius 1 is 1.05 bits per heavy atom. The summed E-state index contributed by atoms with van der Waals surface area (Å²) < 4.78 is 0. The number of piperidine rings is 1. The van der Waals surface area contributed by atoms with Crippen molar-refractivity contribution >= 4 is 12.0 Å². The molecule has 1 heterocycles.